The van der Waals surface area contributed by atoms with Crippen LogP contribution in [0.5, 0.6) is 0 Å². The van der Waals surface area contributed by atoms with Crippen molar-refractivity contribution in [3.63, 3.8) is 0 Å². The number of halogens is 1. The minimum atomic E-state index is -0.159. The number of fused-ring (bicyclic) bond motifs is 1. The van der Waals surface area contributed by atoms with Gasteiger partial charge in [-0.25, -0.2) is 4.98 Å². The first kappa shape index (κ1) is 19.2. The van der Waals surface area contributed by atoms with Crippen molar-refractivity contribution in [2.75, 3.05) is 5.32 Å². The van der Waals surface area contributed by atoms with Crippen LogP contribution in [0.2, 0.25) is 5.02 Å². The Bertz CT molecular complexity index is 1210. The highest BCUT2D eigenvalue weighted by atomic mass is 35.5. The van der Waals surface area contributed by atoms with Crippen molar-refractivity contribution in [1.29, 1.82) is 0 Å². The van der Waals surface area contributed by atoms with E-state index in [1.807, 2.05) is 87.5 Å². The molecule has 144 valence electrons. The second-order valence-corrected chi connectivity index (χ2v) is 7.62. The largest absolute Gasteiger partial charge is 0.321 e. The summed E-state index contributed by atoms with van der Waals surface area (Å²) in [6.45, 7) is 5.92. The number of benzene rings is 3. The van der Waals surface area contributed by atoms with Crippen LogP contribution < -0.4 is 5.32 Å². The summed E-state index contributed by atoms with van der Waals surface area (Å²) in [6.07, 6.45) is 0. The Balaban J connectivity index is 1.90. The van der Waals surface area contributed by atoms with Crippen LogP contribution in [0.15, 0.2) is 66.7 Å². The fourth-order valence-electron chi connectivity index (χ4n) is 3.54. The monoisotopic (exact) mass is 400 g/mol. The minimum Gasteiger partial charge on any atom is -0.321 e. The fraction of sp³-hybridized carbons (Fsp3) is 0.120. The third-order valence-corrected chi connectivity index (χ3v) is 5.61. The minimum absolute atomic E-state index is 0.159. The van der Waals surface area contributed by atoms with Gasteiger partial charge in [0, 0.05) is 21.7 Å². The van der Waals surface area contributed by atoms with Gasteiger partial charge in [0.05, 0.1) is 16.8 Å². The molecule has 0 saturated heterocycles. The maximum Gasteiger partial charge on any atom is 0.256 e. The van der Waals surface area contributed by atoms with Gasteiger partial charge in [0.1, 0.15) is 0 Å². The van der Waals surface area contributed by atoms with Gasteiger partial charge in [0.15, 0.2) is 0 Å². The lowest BCUT2D eigenvalue weighted by atomic mass is 10.0. The molecule has 0 aliphatic heterocycles. The molecule has 4 heteroatoms. The number of carbonyl (C=O) groups excluding carboxylic acids is 1. The predicted octanol–water partition coefficient (Wildman–Crippen LogP) is 6.73. The summed E-state index contributed by atoms with van der Waals surface area (Å²) in [7, 11) is 0. The lowest BCUT2D eigenvalue weighted by molar-refractivity contribution is 0.102. The van der Waals surface area contributed by atoms with E-state index in [1.54, 1.807) is 0 Å². The number of aromatic nitrogens is 1. The van der Waals surface area contributed by atoms with Gasteiger partial charge in [-0.3, -0.25) is 4.79 Å². The zero-order chi connectivity index (χ0) is 20.5. The molecule has 3 aromatic carbocycles. The predicted molar refractivity (Wildman–Crippen MR) is 121 cm³/mol. The molecule has 4 rings (SSSR count). The van der Waals surface area contributed by atoms with Crippen LogP contribution in [0.3, 0.4) is 0 Å². The summed E-state index contributed by atoms with van der Waals surface area (Å²) >= 11 is 6.35. The van der Waals surface area contributed by atoms with E-state index in [0.29, 0.717) is 10.6 Å². The van der Waals surface area contributed by atoms with Gasteiger partial charge in [-0.15, -0.1) is 0 Å². The second-order valence-electron chi connectivity index (χ2n) is 7.21. The molecule has 1 heterocycles. The maximum absolute atomic E-state index is 13.3. The van der Waals surface area contributed by atoms with E-state index in [1.165, 1.54) is 0 Å². The molecule has 0 saturated carbocycles. The average molecular weight is 401 g/mol. The van der Waals surface area contributed by atoms with E-state index in [4.69, 9.17) is 16.6 Å². The number of para-hydroxylation sites is 1. The smallest absolute Gasteiger partial charge is 0.256 e. The molecule has 1 aromatic heterocycles. The summed E-state index contributed by atoms with van der Waals surface area (Å²) in [5.41, 5.74) is 6.78. The number of rotatable bonds is 3. The van der Waals surface area contributed by atoms with Crippen molar-refractivity contribution in [1.82, 2.24) is 4.98 Å². The number of hydrogen-bond donors (Lipinski definition) is 1. The first-order chi connectivity index (χ1) is 14.0. The molecule has 29 heavy (non-hydrogen) atoms. The molecule has 0 radical (unpaired) electrons. The van der Waals surface area contributed by atoms with Crippen LogP contribution in [-0.4, -0.2) is 10.9 Å². The highest BCUT2D eigenvalue weighted by Gasteiger charge is 2.17. The molecule has 3 nitrogen and oxygen atoms in total. The molecular formula is C25H21ClN2O. The van der Waals surface area contributed by atoms with E-state index in [9.17, 15) is 4.79 Å². The Hall–Kier alpha value is -3.17. The topological polar surface area (TPSA) is 42.0 Å². The molecule has 4 aromatic rings. The van der Waals surface area contributed by atoms with Crippen LogP contribution in [0.4, 0.5) is 5.69 Å². The Kier molecular flexibility index (Phi) is 5.08. The number of anilines is 1. The van der Waals surface area contributed by atoms with Gasteiger partial charge in [-0.1, -0.05) is 66.2 Å². The summed E-state index contributed by atoms with van der Waals surface area (Å²) in [6, 6.07) is 21.4. The molecule has 0 spiro atoms. The summed E-state index contributed by atoms with van der Waals surface area (Å²) in [5.74, 6) is -0.159. The number of pyridine rings is 1. The van der Waals surface area contributed by atoms with Crippen LogP contribution in [0.1, 0.15) is 27.0 Å². The number of nitrogens with zero attached hydrogens (tertiary/aromatic N) is 1. The van der Waals surface area contributed by atoms with Crippen molar-refractivity contribution in [3.8, 4) is 11.3 Å². The number of aryl methyl sites for hydroxylation is 3. The van der Waals surface area contributed by atoms with Gasteiger partial charge < -0.3 is 5.32 Å². The Morgan fingerprint density at radius 2 is 1.59 bits per heavy atom. The van der Waals surface area contributed by atoms with Crippen LogP contribution in [0.25, 0.3) is 22.2 Å². The van der Waals surface area contributed by atoms with E-state index in [2.05, 4.69) is 5.32 Å². The second kappa shape index (κ2) is 7.69. The first-order valence-electron chi connectivity index (χ1n) is 9.48. The molecule has 0 fully saturated rings. The maximum atomic E-state index is 13.3. The van der Waals surface area contributed by atoms with Crippen LogP contribution in [-0.2, 0) is 0 Å². The number of nitrogens with one attached hydrogen (secondary N) is 1. The van der Waals surface area contributed by atoms with Crippen LogP contribution >= 0.6 is 11.6 Å². The van der Waals surface area contributed by atoms with Gasteiger partial charge in [0.2, 0.25) is 0 Å². The highest BCUT2D eigenvalue weighted by Crippen LogP contribution is 2.31. The summed E-state index contributed by atoms with van der Waals surface area (Å²) in [5, 5.41) is 4.52. The summed E-state index contributed by atoms with van der Waals surface area (Å²) in [4.78, 5) is 18.2. The van der Waals surface area contributed by atoms with E-state index in [-0.39, 0.29) is 5.91 Å². The zero-order valence-electron chi connectivity index (χ0n) is 16.6. The van der Waals surface area contributed by atoms with Gasteiger partial charge in [-0.2, -0.15) is 0 Å². The highest BCUT2D eigenvalue weighted by molar-refractivity contribution is 6.32. The normalized spacial score (nSPS) is 10.9. The van der Waals surface area contributed by atoms with Gasteiger partial charge in [-0.05, 0) is 49.6 Å². The SMILES string of the molecule is Cc1cccc(C)c1NC(=O)c1cc(-c2ccccc2)nc2c(C)c(Cl)ccc12. The van der Waals surface area contributed by atoms with Crippen LogP contribution in [0, 0.1) is 20.8 Å². The van der Waals surface area contributed by atoms with E-state index >= 15 is 0 Å². The van der Waals surface area contributed by atoms with E-state index in [0.717, 1.165) is 44.5 Å². The van der Waals surface area contributed by atoms with Crippen molar-refractivity contribution < 1.29 is 4.79 Å². The lowest BCUT2D eigenvalue weighted by Gasteiger charge is -2.15. The third-order valence-electron chi connectivity index (χ3n) is 5.20. The molecular weight excluding hydrogens is 380 g/mol. The molecule has 0 atom stereocenters. The first-order valence-corrected chi connectivity index (χ1v) is 9.86. The molecule has 0 aliphatic rings. The van der Waals surface area contributed by atoms with E-state index < -0.39 is 0 Å². The molecule has 0 aliphatic carbocycles. The standard InChI is InChI=1S/C25H21ClN2O/c1-15-8-7-9-16(2)23(15)28-25(29)20-14-22(18-10-5-4-6-11-18)27-24-17(3)21(26)13-12-19(20)24/h4-14H,1-3H3,(H,28,29). The Morgan fingerprint density at radius 3 is 2.28 bits per heavy atom. The number of carbonyl (C=O) groups is 1. The Morgan fingerprint density at radius 1 is 0.897 bits per heavy atom. The van der Waals surface area contributed by atoms with Crippen molar-refractivity contribution in [2.24, 2.45) is 0 Å². The van der Waals surface area contributed by atoms with Gasteiger partial charge in [0.25, 0.3) is 5.91 Å². The quantitative estimate of drug-likeness (QED) is 0.414. The fourth-order valence-corrected chi connectivity index (χ4v) is 3.69. The van der Waals surface area contributed by atoms with Crippen molar-refractivity contribution in [3.05, 3.63) is 94.0 Å². The molecule has 0 bridgehead atoms. The Labute approximate surface area is 175 Å². The van der Waals surface area contributed by atoms with Crippen molar-refractivity contribution >= 4 is 34.1 Å². The molecule has 0 unspecified atom stereocenters. The third kappa shape index (κ3) is 3.62. The molecule has 1 N–H and O–H groups in total. The zero-order valence-corrected chi connectivity index (χ0v) is 17.3. The van der Waals surface area contributed by atoms with Crippen molar-refractivity contribution in [2.45, 2.75) is 20.8 Å². The lowest BCUT2D eigenvalue weighted by Crippen LogP contribution is -2.15. The summed E-state index contributed by atoms with van der Waals surface area (Å²) < 4.78 is 0. The van der Waals surface area contributed by atoms with Gasteiger partial charge >= 0.3 is 0 Å². The average Bonchev–Trinajstić information content (AvgIpc) is 2.73. The molecule has 1 amide bonds. The number of amides is 1. The number of hydrogen-bond acceptors (Lipinski definition) is 2.